The Morgan fingerprint density at radius 1 is 1.80 bits per heavy atom. The smallest absolute Gasteiger partial charge is 0.188 e. The van der Waals surface area contributed by atoms with Crippen molar-refractivity contribution < 1.29 is 4.74 Å². The zero-order chi connectivity index (χ0) is 7.56. The van der Waals surface area contributed by atoms with Crippen LogP contribution in [0.2, 0.25) is 0 Å². The van der Waals surface area contributed by atoms with Crippen molar-refractivity contribution >= 4 is 21.8 Å². The molecule has 2 nitrogen and oxygen atoms in total. The molecule has 1 rings (SSSR count). The van der Waals surface area contributed by atoms with Gasteiger partial charge >= 0.3 is 0 Å². The van der Waals surface area contributed by atoms with Gasteiger partial charge in [0.2, 0.25) is 0 Å². The number of hydrogen-bond donors (Lipinski definition) is 0. The molecule has 0 N–H and O–H groups in total. The van der Waals surface area contributed by atoms with Gasteiger partial charge in [-0.15, -0.1) is 0 Å². The third-order valence-electron chi connectivity index (χ3n) is 1.52. The summed E-state index contributed by atoms with van der Waals surface area (Å²) in [5.41, 5.74) is 0. The van der Waals surface area contributed by atoms with Gasteiger partial charge in [0, 0.05) is 17.1 Å². The van der Waals surface area contributed by atoms with Crippen molar-refractivity contribution in [3.8, 4) is 0 Å². The maximum Gasteiger partial charge on any atom is 0.188 e. The number of rotatable bonds is 0. The lowest BCUT2D eigenvalue weighted by molar-refractivity contribution is 0.381. The Morgan fingerprint density at radius 2 is 2.50 bits per heavy atom. The Balaban J connectivity index is 2.68. The first kappa shape index (κ1) is 7.79. The number of methoxy groups -OCH3 is 1. The molecule has 0 bridgehead atoms. The van der Waals surface area contributed by atoms with Gasteiger partial charge in [-0.3, -0.25) is 0 Å². The minimum Gasteiger partial charge on any atom is -0.484 e. The maximum atomic E-state index is 4.99. The van der Waals surface area contributed by atoms with E-state index >= 15 is 0 Å². The number of allylic oxidation sites excluding steroid dienone is 1. The molecule has 1 aliphatic rings. The Kier molecular flexibility index (Phi) is 2.49. The first-order chi connectivity index (χ1) is 4.74. The zero-order valence-corrected chi connectivity index (χ0v) is 7.68. The van der Waals surface area contributed by atoms with Gasteiger partial charge in [-0.1, -0.05) is 22.9 Å². The fourth-order valence-electron chi connectivity index (χ4n) is 0.809. The molecule has 0 radical (unpaired) electrons. The second kappa shape index (κ2) is 3.19. The fourth-order valence-corrected chi connectivity index (χ4v) is 1.07. The van der Waals surface area contributed by atoms with E-state index in [1.807, 2.05) is 0 Å². The van der Waals surface area contributed by atoms with Gasteiger partial charge in [0.15, 0.2) is 5.90 Å². The summed E-state index contributed by atoms with van der Waals surface area (Å²) in [6.45, 7) is 2.13. The lowest BCUT2D eigenvalue weighted by atomic mass is 10.1. The lowest BCUT2D eigenvalue weighted by Crippen LogP contribution is -2.10. The van der Waals surface area contributed by atoms with Crippen LogP contribution in [-0.4, -0.2) is 13.0 Å². The molecular formula is C7H10BrNO. The number of nitrogens with zero attached hydrogens (tertiary/aromatic N) is 1. The Morgan fingerprint density at radius 3 is 3.00 bits per heavy atom. The highest BCUT2D eigenvalue weighted by Gasteiger charge is 2.13. The molecule has 0 aromatic carbocycles. The molecule has 1 unspecified atom stereocenters. The van der Waals surface area contributed by atoms with Crippen molar-refractivity contribution in [2.45, 2.75) is 13.3 Å². The molecule has 0 aromatic heterocycles. The van der Waals surface area contributed by atoms with E-state index in [0.29, 0.717) is 5.92 Å². The summed E-state index contributed by atoms with van der Waals surface area (Å²) in [4.78, 5) is 4.06. The summed E-state index contributed by atoms with van der Waals surface area (Å²) in [5, 5.41) is 0. The number of halogens is 1. The molecule has 0 aliphatic carbocycles. The molecule has 1 atom stereocenters. The van der Waals surface area contributed by atoms with E-state index in [1.165, 1.54) is 0 Å². The molecular weight excluding hydrogens is 194 g/mol. The zero-order valence-electron chi connectivity index (χ0n) is 6.10. The van der Waals surface area contributed by atoms with Crippen LogP contribution in [0.4, 0.5) is 0 Å². The molecule has 10 heavy (non-hydrogen) atoms. The van der Waals surface area contributed by atoms with Crippen LogP contribution in [0.15, 0.2) is 15.7 Å². The first-order valence-corrected chi connectivity index (χ1v) is 3.99. The SMILES string of the molecule is COC1=NC=C(Br)C(C)C1. The van der Waals surface area contributed by atoms with Gasteiger partial charge in [-0.25, -0.2) is 4.99 Å². The minimum absolute atomic E-state index is 0.507. The van der Waals surface area contributed by atoms with E-state index in [4.69, 9.17) is 4.74 Å². The quantitative estimate of drug-likeness (QED) is 0.593. The van der Waals surface area contributed by atoms with Crippen molar-refractivity contribution in [2.75, 3.05) is 7.11 Å². The number of hydrogen-bond acceptors (Lipinski definition) is 2. The summed E-state index contributed by atoms with van der Waals surface area (Å²) in [7, 11) is 1.65. The minimum atomic E-state index is 0.507. The van der Waals surface area contributed by atoms with E-state index in [0.717, 1.165) is 16.8 Å². The van der Waals surface area contributed by atoms with Gasteiger partial charge in [-0.05, 0) is 5.92 Å². The number of ether oxygens (including phenoxy) is 1. The van der Waals surface area contributed by atoms with E-state index in [2.05, 4.69) is 27.8 Å². The predicted octanol–water partition coefficient (Wildman–Crippen LogP) is 2.31. The first-order valence-electron chi connectivity index (χ1n) is 3.20. The normalized spacial score (nSPS) is 25.3. The topological polar surface area (TPSA) is 21.6 Å². The molecule has 0 aromatic rings. The van der Waals surface area contributed by atoms with Crippen molar-refractivity contribution in [3.05, 3.63) is 10.7 Å². The van der Waals surface area contributed by atoms with Crippen LogP contribution in [0.25, 0.3) is 0 Å². The van der Waals surface area contributed by atoms with E-state index in [1.54, 1.807) is 13.3 Å². The predicted molar refractivity (Wildman–Crippen MR) is 45.2 cm³/mol. The summed E-state index contributed by atoms with van der Waals surface area (Å²) < 4.78 is 6.14. The number of aliphatic imine (C=N–C) groups is 1. The molecule has 3 heteroatoms. The van der Waals surface area contributed by atoms with Crippen LogP contribution in [0, 0.1) is 5.92 Å². The lowest BCUT2D eigenvalue weighted by Gasteiger charge is -2.14. The molecule has 0 spiro atoms. The monoisotopic (exact) mass is 203 g/mol. The van der Waals surface area contributed by atoms with Gasteiger partial charge < -0.3 is 4.74 Å². The van der Waals surface area contributed by atoms with Gasteiger partial charge in [0.25, 0.3) is 0 Å². The summed E-state index contributed by atoms with van der Waals surface area (Å²) >= 11 is 3.41. The average Bonchev–Trinajstić information content (AvgIpc) is 1.95. The van der Waals surface area contributed by atoms with Gasteiger partial charge in [-0.2, -0.15) is 0 Å². The fraction of sp³-hybridized carbons (Fsp3) is 0.571. The Labute approximate surface area is 69.1 Å². The summed E-state index contributed by atoms with van der Waals surface area (Å²) in [6.07, 6.45) is 2.70. The maximum absolute atomic E-state index is 4.99. The van der Waals surface area contributed by atoms with Gasteiger partial charge in [0.1, 0.15) is 0 Å². The van der Waals surface area contributed by atoms with E-state index < -0.39 is 0 Å². The molecule has 0 amide bonds. The summed E-state index contributed by atoms with van der Waals surface area (Å²) in [6, 6.07) is 0. The highest BCUT2D eigenvalue weighted by Crippen LogP contribution is 2.24. The van der Waals surface area contributed by atoms with Crippen LogP contribution in [-0.2, 0) is 4.74 Å². The largest absolute Gasteiger partial charge is 0.484 e. The van der Waals surface area contributed by atoms with Crippen molar-refractivity contribution in [1.29, 1.82) is 0 Å². The molecule has 0 fully saturated rings. The molecule has 0 saturated carbocycles. The Hall–Kier alpha value is -0.310. The Bertz CT molecular complexity index is 186. The molecule has 1 aliphatic heterocycles. The van der Waals surface area contributed by atoms with Crippen LogP contribution in [0.3, 0.4) is 0 Å². The van der Waals surface area contributed by atoms with E-state index in [-0.39, 0.29) is 0 Å². The van der Waals surface area contributed by atoms with Crippen LogP contribution in [0.1, 0.15) is 13.3 Å². The average molecular weight is 204 g/mol. The second-order valence-electron chi connectivity index (χ2n) is 2.35. The third-order valence-corrected chi connectivity index (χ3v) is 2.51. The van der Waals surface area contributed by atoms with E-state index in [9.17, 15) is 0 Å². The summed E-state index contributed by atoms with van der Waals surface area (Å²) in [5.74, 6) is 1.32. The molecule has 1 heterocycles. The molecule has 0 saturated heterocycles. The van der Waals surface area contributed by atoms with Crippen molar-refractivity contribution in [2.24, 2.45) is 10.9 Å². The third kappa shape index (κ3) is 1.59. The van der Waals surface area contributed by atoms with Crippen LogP contribution in [0.5, 0.6) is 0 Å². The van der Waals surface area contributed by atoms with Gasteiger partial charge in [0.05, 0.1) is 7.11 Å². The van der Waals surface area contributed by atoms with Crippen LogP contribution < -0.4 is 0 Å². The van der Waals surface area contributed by atoms with Crippen molar-refractivity contribution in [1.82, 2.24) is 0 Å². The highest BCUT2D eigenvalue weighted by atomic mass is 79.9. The molecule has 56 valence electrons. The highest BCUT2D eigenvalue weighted by molar-refractivity contribution is 9.11. The van der Waals surface area contributed by atoms with Crippen molar-refractivity contribution in [3.63, 3.8) is 0 Å². The van der Waals surface area contributed by atoms with Crippen LogP contribution >= 0.6 is 15.9 Å². The standard InChI is InChI=1S/C7H10BrNO/c1-5-3-7(10-2)9-4-6(5)8/h4-5H,3H2,1-2H3. The second-order valence-corrected chi connectivity index (χ2v) is 3.26.